The maximum Gasteiger partial charge on any atom is 0.416 e. The number of aromatic nitrogens is 2. The van der Waals surface area contributed by atoms with E-state index in [9.17, 15) is 14.9 Å². The summed E-state index contributed by atoms with van der Waals surface area (Å²) in [5.74, 6) is -0.321. The van der Waals surface area contributed by atoms with Crippen molar-refractivity contribution in [2.45, 2.75) is 50.7 Å². The molecule has 38 heavy (non-hydrogen) atoms. The Labute approximate surface area is 218 Å². The molecule has 0 bridgehead atoms. The van der Waals surface area contributed by atoms with Crippen LogP contribution in [0, 0.1) is 17.1 Å². The van der Waals surface area contributed by atoms with Crippen LogP contribution in [0.3, 0.4) is 0 Å². The van der Waals surface area contributed by atoms with Crippen LogP contribution in [0.25, 0.3) is 11.1 Å². The summed E-state index contributed by atoms with van der Waals surface area (Å²) in [6.07, 6.45) is 2.38. The number of nitriles is 1. The first-order valence-corrected chi connectivity index (χ1v) is 12.2. The molecule has 3 heterocycles. The molecule has 2 aromatic heterocycles. The van der Waals surface area contributed by atoms with Crippen molar-refractivity contribution in [3.63, 3.8) is 0 Å². The first-order valence-electron chi connectivity index (χ1n) is 12.2. The van der Waals surface area contributed by atoms with Crippen molar-refractivity contribution in [1.29, 1.82) is 5.26 Å². The average molecular weight is 520 g/mol. The van der Waals surface area contributed by atoms with E-state index in [0.717, 1.165) is 12.8 Å². The second-order valence-electron chi connectivity index (χ2n) is 10.4. The lowest BCUT2D eigenvalue weighted by Crippen LogP contribution is -2.42. The van der Waals surface area contributed by atoms with E-state index in [1.54, 1.807) is 51.2 Å². The van der Waals surface area contributed by atoms with Gasteiger partial charge in [0.2, 0.25) is 0 Å². The smallest absolute Gasteiger partial charge is 0.416 e. The minimum absolute atomic E-state index is 0.0353. The molecule has 1 aliphatic heterocycles. The third kappa shape index (κ3) is 5.02. The van der Waals surface area contributed by atoms with Crippen LogP contribution in [0.15, 0.2) is 53.4 Å². The van der Waals surface area contributed by atoms with Crippen LogP contribution in [-0.4, -0.2) is 47.1 Å². The first-order chi connectivity index (χ1) is 18.1. The lowest BCUT2D eigenvalue weighted by Gasteiger charge is -2.26. The SMILES string of the molecule is CC(C)(C)OC(=O)N(C[C@H]1CN(c2ccc(-c3ccc(C4(C#N)CC4)nc3)c(F)c2)C(=O)O1)c1ccon1. The molecule has 1 saturated carbocycles. The van der Waals surface area contributed by atoms with E-state index < -0.39 is 35.1 Å². The van der Waals surface area contributed by atoms with E-state index in [0.29, 0.717) is 22.5 Å². The Morgan fingerprint density at radius 1 is 1.29 bits per heavy atom. The number of carbonyl (C=O) groups is 2. The van der Waals surface area contributed by atoms with Crippen molar-refractivity contribution in [3.8, 4) is 17.2 Å². The Hall–Kier alpha value is -4.46. The fraction of sp³-hybridized carbons (Fsp3) is 0.370. The number of anilines is 2. The molecule has 196 valence electrons. The second kappa shape index (κ2) is 9.45. The highest BCUT2D eigenvalue weighted by atomic mass is 19.1. The summed E-state index contributed by atoms with van der Waals surface area (Å²) < 4.78 is 30.9. The van der Waals surface area contributed by atoms with E-state index in [4.69, 9.17) is 14.0 Å². The number of amides is 2. The zero-order chi connectivity index (χ0) is 27.1. The second-order valence-corrected chi connectivity index (χ2v) is 10.4. The maximum absolute atomic E-state index is 15.1. The number of halogens is 1. The van der Waals surface area contributed by atoms with Crippen molar-refractivity contribution in [3.05, 3.63) is 60.4 Å². The van der Waals surface area contributed by atoms with Crippen LogP contribution < -0.4 is 9.80 Å². The van der Waals surface area contributed by atoms with Gasteiger partial charge in [-0.3, -0.25) is 14.8 Å². The highest BCUT2D eigenvalue weighted by Gasteiger charge is 2.46. The zero-order valence-electron chi connectivity index (χ0n) is 21.2. The van der Waals surface area contributed by atoms with Gasteiger partial charge in [-0.2, -0.15) is 5.26 Å². The highest BCUT2D eigenvalue weighted by Crippen LogP contribution is 2.46. The summed E-state index contributed by atoms with van der Waals surface area (Å²) in [4.78, 5) is 32.4. The van der Waals surface area contributed by atoms with Crippen LogP contribution in [-0.2, 0) is 14.9 Å². The van der Waals surface area contributed by atoms with Gasteiger partial charge in [0.05, 0.1) is 36.0 Å². The number of rotatable bonds is 6. The summed E-state index contributed by atoms with van der Waals surface area (Å²) in [6.45, 7) is 5.26. The average Bonchev–Trinajstić information content (AvgIpc) is 3.30. The number of ether oxygens (including phenoxy) is 2. The third-order valence-corrected chi connectivity index (χ3v) is 6.37. The normalized spacial score (nSPS) is 18.0. The van der Waals surface area contributed by atoms with Crippen LogP contribution in [0.2, 0.25) is 0 Å². The number of benzene rings is 1. The van der Waals surface area contributed by atoms with Crippen LogP contribution >= 0.6 is 0 Å². The fourth-order valence-electron chi connectivity index (χ4n) is 4.25. The molecule has 3 aromatic rings. The van der Waals surface area contributed by atoms with Crippen LogP contribution in [0.4, 0.5) is 25.5 Å². The Kier molecular flexibility index (Phi) is 6.26. The van der Waals surface area contributed by atoms with Crippen molar-refractivity contribution in [1.82, 2.24) is 10.1 Å². The van der Waals surface area contributed by atoms with Crippen molar-refractivity contribution >= 4 is 23.7 Å². The molecular formula is C27H26FN5O5. The molecule has 0 N–H and O–H groups in total. The lowest BCUT2D eigenvalue weighted by atomic mass is 10.0. The van der Waals surface area contributed by atoms with Gasteiger partial charge in [0.25, 0.3) is 0 Å². The van der Waals surface area contributed by atoms with Crippen molar-refractivity contribution in [2.75, 3.05) is 22.9 Å². The standard InChI is InChI=1S/C27H26FN5O5/c1-26(2,3)38-25(35)33(23-8-11-36-31-23)15-19-14-32(24(34)37-19)18-5-6-20(21(28)12-18)17-4-7-22(30-13-17)27(16-29)9-10-27/h4-8,11-13,19H,9-10,14-15H2,1-3H3/t19-/m1/s1. The largest absolute Gasteiger partial charge is 0.443 e. The van der Waals surface area contributed by atoms with E-state index in [2.05, 4.69) is 16.2 Å². The zero-order valence-corrected chi connectivity index (χ0v) is 21.2. The monoisotopic (exact) mass is 519 g/mol. The summed E-state index contributed by atoms with van der Waals surface area (Å²) in [6, 6.07) is 11.7. The number of pyridine rings is 1. The van der Waals surface area contributed by atoms with E-state index in [1.807, 2.05) is 0 Å². The summed E-state index contributed by atoms with van der Waals surface area (Å²) in [5, 5.41) is 13.2. The van der Waals surface area contributed by atoms with Gasteiger partial charge in [-0.1, -0.05) is 11.2 Å². The Bertz CT molecular complexity index is 1390. The maximum atomic E-state index is 15.1. The Morgan fingerprint density at radius 3 is 2.66 bits per heavy atom. The number of carbonyl (C=O) groups excluding carboxylic acids is 2. The van der Waals surface area contributed by atoms with E-state index in [1.165, 1.54) is 28.2 Å². The minimum atomic E-state index is -0.748. The summed E-state index contributed by atoms with van der Waals surface area (Å²) >= 11 is 0. The topological polar surface area (TPSA) is 122 Å². The van der Waals surface area contributed by atoms with Gasteiger partial charge in [0.15, 0.2) is 5.82 Å². The number of hydrogen-bond donors (Lipinski definition) is 0. The quantitative estimate of drug-likeness (QED) is 0.436. The number of cyclic esters (lactones) is 1. The van der Waals surface area contributed by atoms with Crippen LogP contribution in [0.1, 0.15) is 39.3 Å². The molecule has 1 atom stereocenters. The van der Waals surface area contributed by atoms with Gasteiger partial charge in [0.1, 0.15) is 23.8 Å². The number of hydrogen-bond acceptors (Lipinski definition) is 8. The molecule has 2 amide bonds. The molecule has 1 saturated heterocycles. The van der Waals surface area contributed by atoms with Gasteiger partial charge < -0.3 is 14.0 Å². The Balaban J connectivity index is 1.30. The predicted molar refractivity (Wildman–Crippen MR) is 134 cm³/mol. The molecule has 0 spiro atoms. The minimum Gasteiger partial charge on any atom is -0.443 e. The molecule has 2 aliphatic rings. The highest BCUT2D eigenvalue weighted by molar-refractivity contribution is 5.91. The lowest BCUT2D eigenvalue weighted by molar-refractivity contribution is 0.0556. The molecule has 1 aliphatic carbocycles. The number of nitrogens with zero attached hydrogens (tertiary/aromatic N) is 5. The van der Waals surface area contributed by atoms with Crippen LogP contribution in [0.5, 0.6) is 0 Å². The molecule has 0 unspecified atom stereocenters. The van der Waals surface area contributed by atoms with Gasteiger partial charge in [0, 0.05) is 23.4 Å². The van der Waals surface area contributed by atoms with Crippen molar-refractivity contribution < 1.29 is 28.0 Å². The van der Waals surface area contributed by atoms with E-state index >= 15 is 4.39 Å². The molecule has 0 radical (unpaired) electrons. The molecule has 11 heteroatoms. The molecule has 2 fully saturated rings. The summed E-state index contributed by atoms with van der Waals surface area (Å²) in [7, 11) is 0. The fourth-order valence-corrected chi connectivity index (χ4v) is 4.25. The van der Waals surface area contributed by atoms with E-state index in [-0.39, 0.29) is 18.9 Å². The first kappa shape index (κ1) is 25.2. The van der Waals surface area contributed by atoms with Gasteiger partial charge in [-0.05, 0) is 57.9 Å². The van der Waals surface area contributed by atoms with Gasteiger partial charge >= 0.3 is 12.2 Å². The van der Waals surface area contributed by atoms with Crippen molar-refractivity contribution in [2.24, 2.45) is 0 Å². The third-order valence-electron chi connectivity index (χ3n) is 6.37. The molecular weight excluding hydrogens is 493 g/mol. The predicted octanol–water partition coefficient (Wildman–Crippen LogP) is 5.20. The molecule has 5 rings (SSSR count). The van der Waals surface area contributed by atoms with Gasteiger partial charge in [-0.25, -0.2) is 14.0 Å². The Morgan fingerprint density at radius 2 is 2.08 bits per heavy atom. The summed E-state index contributed by atoms with van der Waals surface area (Å²) in [5.41, 5.74) is 0.629. The molecule has 1 aromatic carbocycles. The van der Waals surface area contributed by atoms with Gasteiger partial charge in [-0.15, -0.1) is 0 Å². The molecule has 10 nitrogen and oxygen atoms in total.